The zero-order chi connectivity index (χ0) is 24.0. The Kier molecular flexibility index (Phi) is 7.26. The fourth-order valence-electron chi connectivity index (χ4n) is 5.34. The summed E-state index contributed by atoms with van der Waals surface area (Å²) in [6.45, 7) is 3.40. The Morgan fingerprint density at radius 1 is 1.00 bits per heavy atom. The molecule has 0 saturated carbocycles. The second kappa shape index (κ2) is 10.9. The van der Waals surface area contributed by atoms with Gasteiger partial charge in [-0.25, -0.2) is 0 Å². The molecule has 0 aliphatic carbocycles. The van der Waals surface area contributed by atoms with Gasteiger partial charge in [0.25, 0.3) is 5.91 Å². The fourth-order valence-corrected chi connectivity index (χ4v) is 5.34. The quantitative estimate of drug-likeness (QED) is 0.500. The summed E-state index contributed by atoms with van der Waals surface area (Å²) in [4.78, 5) is 33.3. The predicted octanol–water partition coefficient (Wildman–Crippen LogP) is 4.72. The van der Waals surface area contributed by atoms with E-state index in [9.17, 15) is 9.59 Å². The first kappa shape index (κ1) is 23.3. The SMILES string of the molecule is O=C1CCCN1CCOc1cccc(C(=O)N2CCCC(Cc3cncc4ccccc34)CC2)c1. The van der Waals surface area contributed by atoms with Crippen LogP contribution in [-0.2, 0) is 11.2 Å². The van der Waals surface area contributed by atoms with Crippen LogP contribution in [-0.4, -0.2) is 59.4 Å². The number of aromatic nitrogens is 1. The van der Waals surface area contributed by atoms with E-state index in [1.165, 1.54) is 16.3 Å². The lowest BCUT2D eigenvalue weighted by atomic mass is 9.91. The summed E-state index contributed by atoms with van der Waals surface area (Å²) in [5.41, 5.74) is 1.96. The van der Waals surface area contributed by atoms with E-state index < -0.39 is 0 Å². The van der Waals surface area contributed by atoms with Crippen LogP contribution in [0.25, 0.3) is 10.8 Å². The van der Waals surface area contributed by atoms with Gasteiger partial charge in [-0.2, -0.15) is 0 Å². The van der Waals surface area contributed by atoms with Crippen molar-refractivity contribution < 1.29 is 14.3 Å². The number of pyridine rings is 1. The molecule has 0 spiro atoms. The maximum atomic E-state index is 13.3. The lowest BCUT2D eigenvalue weighted by Crippen LogP contribution is -2.32. The van der Waals surface area contributed by atoms with Gasteiger partial charge in [-0.15, -0.1) is 0 Å². The smallest absolute Gasteiger partial charge is 0.253 e. The van der Waals surface area contributed by atoms with Crippen LogP contribution in [0.3, 0.4) is 0 Å². The van der Waals surface area contributed by atoms with Gasteiger partial charge in [0.15, 0.2) is 0 Å². The van der Waals surface area contributed by atoms with E-state index in [-0.39, 0.29) is 11.8 Å². The van der Waals surface area contributed by atoms with Gasteiger partial charge in [0, 0.05) is 49.4 Å². The molecule has 1 unspecified atom stereocenters. The average Bonchev–Trinajstić information content (AvgIpc) is 3.15. The Morgan fingerprint density at radius 3 is 2.80 bits per heavy atom. The number of nitrogens with zero attached hydrogens (tertiary/aromatic N) is 3. The molecule has 1 atom stereocenters. The molecule has 182 valence electrons. The molecular formula is C29H33N3O3. The first-order valence-corrected chi connectivity index (χ1v) is 12.8. The molecular weight excluding hydrogens is 438 g/mol. The molecule has 2 aliphatic rings. The van der Waals surface area contributed by atoms with E-state index in [4.69, 9.17) is 4.74 Å². The van der Waals surface area contributed by atoms with Crippen LogP contribution in [0.15, 0.2) is 60.9 Å². The first-order valence-electron chi connectivity index (χ1n) is 12.8. The molecule has 2 amide bonds. The van der Waals surface area contributed by atoms with Crippen molar-refractivity contribution in [2.24, 2.45) is 5.92 Å². The number of rotatable bonds is 7. The summed E-state index contributed by atoms with van der Waals surface area (Å²) in [5.74, 6) is 1.49. The number of carbonyl (C=O) groups excluding carboxylic acids is 2. The minimum Gasteiger partial charge on any atom is -0.492 e. The Balaban J connectivity index is 1.17. The van der Waals surface area contributed by atoms with Crippen molar-refractivity contribution in [3.05, 3.63) is 72.1 Å². The van der Waals surface area contributed by atoms with Gasteiger partial charge in [0.05, 0.1) is 6.54 Å². The summed E-state index contributed by atoms with van der Waals surface area (Å²) < 4.78 is 5.87. The van der Waals surface area contributed by atoms with Crippen LogP contribution in [0.4, 0.5) is 0 Å². The van der Waals surface area contributed by atoms with Crippen molar-refractivity contribution in [1.29, 1.82) is 0 Å². The highest BCUT2D eigenvalue weighted by molar-refractivity contribution is 5.94. The molecule has 0 bridgehead atoms. The molecule has 2 fully saturated rings. The summed E-state index contributed by atoms with van der Waals surface area (Å²) in [6, 6.07) is 15.9. The van der Waals surface area contributed by atoms with Gasteiger partial charge in [-0.1, -0.05) is 30.3 Å². The van der Waals surface area contributed by atoms with Crippen molar-refractivity contribution in [3.8, 4) is 5.75 Å². The molecule has 2 aliphatic heterocycles. The normalized spacial score (nSPS) is 18.6. The van der Waals surface area contributed by atoms with E-state index in [1.807, 2.05) is 46.5 Å². The topological polar surface area (TPSA) is 62.7 Å². The fraction of sp³-hybridized carbons (Fsp3) is 0.414. The maximum absolute atomic E-state index is 13.3. The summed E-state index contributed by atoms with van der Waals surface area (Å²) in [5, 5.41) is 2.47. The highest BCUT2D eigenvalue weighted by Crippen LogP contribution is 2.27. The van der Waals surface area contributed by atoms with Crippen LogP contribution < -0.4 is 4.74 Å². The summed E-state index contributed by atoms with van der Waals surface area (Å²) in [7, 11) is 0. The number of carbonyl (C=O) groups is 2. The summed E-state index contributed by atoms with van der Waals surface area (Å²) in [6.07, 6.45) is 9.61. The van der Waals surface area contributed by atoms with E-state index in [0.717, 1.165) is 51.7 Å². The van der Waals surface area contributed by atoms with Crippen LogP contribution in [0.5, 0.6) is 5.75 Å². The second-order valence-electron chi connectivity index (χ2n) is 9.67. The number of hydrogen-bond acceptors (Lipinski definition) is 4. The van der Waals surface area contributed by atoms with E-state index >= 15 is 0 Å². The molecule has 2 aromatic carbocycles. The lowest BCUT2D eigenvalue weighted by molar-refractivity contribution is -0.128. The third-order valence-electron chi connectivity index (χ3n) is 7.28. The average molecular weight is 472 g/mol. The lowest BCUT2D eigenvalue weighted by Gasteiger charge is -2.21. The van der Waals surface area contributed by atoms with Crippen molar-refractivity contribution in [1.82, 2.24) is 14.8 Å². The van der Waals surface area contributed by atoms with Crippen LogP contribution in [0.2, 0.25) is 0 Å². The third kappa shape index (κ3) is 5.64. The Bertz CT molecular complexity index is 1190. The van der Waals surface area contributed by atoms with Crippen LogP contribution >= 0.6 is 0 Å². The van der Waals surface area contributed by atoms with Crippen molar-refractivity contribution >= 4 is 22.6 Å². The Labute approximate surface area is 206 Å². The number of benzene rings is 2. The highest BCUT2D eigenvalue weighted by atomic mass is 16.5. The number of hydrogen-bond donors (Lipinski definition) is 0. The van der Waals surface area contributed by atoms with Crippen LogP contribution in [0.1, 0.15) is 48.0 Å². The molecule has 6 heteroatoms. The van der Waals surface area contributed by atoms with Gasteiger partial charge in [0.1, 0.15) is 12.4 Å². The van der Waals surface area contributed by atoms with Crippen molar-refractivity contribution in [3.63, 3.8) is 0 Å². The molecule has 1 aromatic heterocycles. The minimum absolute atomic E-state index is 0.0673. The standard InChI is InChI=1S/C29H33N3O3/c33-28-11-5-13-31(28)16-17-35-26-9-3-8-23(19-26)29(34)32-14-4-6-22(12-15-32)18-25-21-30-20-24-7-1-2-10-27(24)25/h1-3,7-10,19-22H,4-6,11-18H2. The monoisotopic (exact) mass is 471 g/mol. The molecule has 6 nitrogen and oxygen atoms in total. The molecule has 0 N–H and O–H groups in total. The van der Waals surface area contributed by atoms with Gasteiger partial charge in [-0.05, 0) is 67.2 Å². The Hall–Kier alpha value is -3.41. The zero-order valence-electron chi connectivity index (χ0n) is 20.2. The molecule has 5 rings (SSSR count). The summed E-state index contributed by atoms with van der Waals surface area (Å²) >= 11 is 0. The van der Waals surface area contributed by atoms with E-state index in [1.54, 1.807) is 0 Å². The molecule has 2 saturated heterocycles. The number of ether oxygens (including phenoxy) is 1. The van der Waals surface area contributed by atoms with Gasteiger partial charge in [0.2, 0.25) is 5.91 Å². The van der Waals surface area contributed by atoms with Gasteiger partial charge in [-0.3, -0.25) is 14.6 Å². The molecule has 3 aromatic rings. The van der Waals surface area contributed by atoms with Crippen molar-refractivity contribution in [2.45, 2.75) is 38.5 Å². The molecule has 3 heterocycles. The van der Waals surface area contributed by atoms with E-state index in [2.05, 4.69) is 29.2 Å². The molecule has 35 heavy (non-hydrogen) atoms. The van der Waals surface area contributed by atoms with Gasteiger partial charge >= 0.3 is 0 Å². The first-order chi connectivity index (χ1) is 17.2. The maximum Gasteiger partial charge on any atom is 0.253 e. The van der Waals surface area contributed by atoms with Crippen molar-refractivity contribution in [2.75, 3.05) is 32.8 Å². The largest absolute Gasteiger partial charge is 0.492 e. The number of fused-ring (bicyclic) bond motifs is 1. The predicted molar refractivity (Wildman–Crippen MR) is 136 cm³/mol. The highest BCUT2D eigenvalue weighted by Gasteiger charge is 2.23. The minimum atomic E-state index is 0.0673. The van der Waals surface area contributed by atoms with Gasteiger partial charge < -0.3 is 14.5 Å². The zero-order valence-corrected chi connectivity index (χ0v) is 20.2. The molecule has 0 radical (unpaired) electrons. The number of likely N-dealkylation sites (tertiary alicyclic amines) is 2. The third-order valence-corrected chi connectivity index (χ3v) is 7.28. The second-order valence-corrected chi connectivity index (χ2v) is 9.67. The Morgan fingerprint density at radius 2 is 1.91 bits per heavy atom. The van der Waals surface area contributed by atoms with E-state index in [0.29, 0.717) is 36.8 Å². The van der Waals surface area contributed by atoms with Crippen LogP contribution in [0, 0.1) is 5.92 Å². The number of amides is 2.